The molecule has 1 atom stereocenters. The normalized spacial score (nSPS) is 12.2. The van der Waals surface area contributed by atoms with Crippen LogP contribution in [0.2, 0.25) is 0 Å². The molecule has 0 unspecified atom stereocenters. The van der Waals surface area contributed by atoms with Gasteiger partial charge in [0.25, 0.3) is 0 Å². The van der Waals surface area contributed by atoms with Crippen LogP contribution in [0.3, 0.4) is 0 Å². The summed E-state index contributed by atoms with van der Waals surface area (Å²) >= 11 is 0. The number of H-pyrrole nitrogens is 2. The molecule has 0 spiro atoms. The van der Waals surface area contributed by atoms with Crippen molar-refractivity contribution in [3.05, 3.63) is 168 Å². The summed E-state index contributed by atoms with van der Waals surface area (Å²) in [4.78, 5) is 6.93. The lowest BCUT2D eigenvalue weighted by Crippen LogP contribution is -2.15. The Labute approximate surface area is 308 Å². The van der Waals surface area contributed by atoms with Gasteiger partial charge in [0.05, 0.1) is 36.3 Å². The van der Waals surface area contributed by atoms with Crippen LogP contribution in [0, 0.1) is 13.8 Å². The van der Waals surface area contributed by atoms with Gasteiger partial charge in [0, 0.05) is 35.2 Å². The van der Waals surface area contributed by atoms with Gasteiger partial charge in [-0.1, -0.05) is 84.9 Å². The van der Waals surface area contributed by atoms with Crippen molar-refractivity contribution in [3.63, 3.8) is 0 Å². The van der Waals surface area contributed by atoms with Crippen LogP contribution in [0.4, 0.5) is 26.3 Å². The Balaban J connectivity index is 0.000000166. The molecular formula is C44H38F6N2O2. The summed E-state index contributed by atoms with van der Waals surface area (Å²) in [7, 11) is 0. The minimum Gasteiger partial charge on any atom is -0.469 e. The van der Waals surface area contributed by atoms with Crippen molar-refractivity contribution in [2.75, 3.05) is 0 Å². The molecule has 4 aromatic heterocycles. The van der Waals surface area contributed by atoms with Crippen molar-refractivity contribution >= 4 is 21.8 Å². The van der Waals surface area contributed by atoms with Gasteiger partial charge >= 0.3 is 12.4 Å². The van der Waals surface area contributed by atoms with Crippen LogP contribution in [-0.2, 0) is 6.42 Å². The Morgan fingerprint density at radius 1 is 0.593 bits per heavy atom. The number of nitrogens with one attached hydrogen (secondary N) is 2. The highest BCUT2D eigenvalue weighted by molar-refractivity contribution is 5.93. The Morgan fingerprint density at radius 2 is 1.11 bits per heavy atom. The molecule has 2 N–H and O–H groups in total. The number of aromatic amines is 2. The standard InChI is InChI=1S/C22H18F3NO.C20H17NO.C2H3F3/c1-14-9-10-16-18(12-14)26-21(15-6-3-2-4-7-15)20(16)17(13-22(23,24)25)19-8-5-11-27-19;1-14-9-10-17-18(13-16-8-5-11-22-16)20(21-19(17)12-14)15-6-3-2-4-7-15;1-2(3,4)5/h2-12,17,26H,13H2,1H3;2-12,21H,13H2,1H3;1H3/t17-;;/m1../s1. The maximum Gasteiger partial charge on any atom is 0.390 e. The van der Waals surface area contributed by atoms with Crippen LogP contribution >= 0.6 is 0 Å². The molecule has 0 saturated heterocycles. The first kappa shape index (κ1) is 37.8. The Morgan fingerprint density at radius 3 is 1.65 bits per heavy atom. The monoisotopic (exact) mass is 740 g/mol. The molecule has 0 amide bonds. The highest BCUT2D eigenvalue weighted by Crippen LogP contribution is 2.44. The molecule has 0 fully saturated rings. The van der Waals surface area contributed by atoms with E-state index in [1.165, 1.54) is 39.6 Å². The quantitative estimate of drug-likeness (QED) is 0.160. The number of fused-ring (bicyclic) bond motifs is 2. The zero-order valence-corrected chi connectivity index (χ0v) is 29.8. The number of halogens is 6. The predicted octanol–water partition coefficient (Wildman–Crippen LogP) is 13.7. The minimum atomic E-state index is -4.32. The number of alkyl halides is 6. The molecule has 0 bridgehead atoms. The SMILES string of the molecule is CC(F)(F)F.Cc1ccc2c(Cc3ccco3)c(-c3ccccc3)[nH]c2c1.Cc1ccc2c([C@H](CC(F)(F)F)c3ccco3)c(-c3ccccc3)[nH]c2c1. The van der Waals surface area contributed by atoms with Crippen LogP contribution in [0.1, 0.15) is 53.0 Å². The Kier molecular flexibility index (Phi) is 11.2. The van der Waals surface area contributed by atoms with E-state index in [9.17, 15) is 26.3 Å². The van der Waals surface area contributed by atoms with E-state index in [2.05, 4.69) is 59.4 Å². The highest BCUT2D eigenvalue weighted by Gasteiger charge is 2.37. The van der Waals surface area contributed by atoms with Gasteiger partial charge in [-0.25, -0.2) is 0 Å². The molecule has 8 rings (SSSR count). The van der Waals surface area contributed by atoms with Crippen LogP contribution in [0.15, 0.2) is 143 Å². The number of benzene rings is 4. The first-order chi connectivity index (χ1) is 25.7. The third kappa shape index (κ3) is 9.55. The van der Waals surface area contributed by atoms with Gasteiger partial charge in [-0.15, -0.1) is 0 Å². The summed E-state index contributed by atoms with van der Waals surface area (Å²) in [6.45, 7) is 4.27. The molecule has 0 aliphatic rings. The largest absolute Gasteiger partial charge is 0.469 e. The number of furan rings is 2. The van der Waals surface area contributed by atoms with E-state index in [0.29, 0.717) is 17.0 Å². The fraction of sp³-hybridized carbons (Fsp3) is 0.182. The van der Waals surface area contributed by atoms with Gasteiger partial charge in [0.1, 0.15) is 11.5 Å². The van der Waals surface area contributed by atoms with Crippen molar-refractivity contribution in [1.82, 2.24) is 9.97 Å². The van der Waals surface area contributed by atoms with E-state index < -0.39 is 24.7 Å². The Bertz CT molecular complexity index is 2380. The highest BCUT2D eigenvalue weighted by atomic mass is 19.4. The van der Waals surface area contributed by atoms with Crippen molar-refractivity contribution < 1.29 is 35.2 Å². The van der Waals surface area contributed by atoms with Gasteiger partial charge in [-0.05, 0) is 83.6 Å². The van der Waals surface area contributed by atoms with Crippen LogP contribution in [0.5, 0.6) is 0 Å². The summed E-state index contributed by atoms with van der Waals surface area (Å²) < 4.78 is 82.3. The van der Waals surface area contributed by atoms with Gasteiger partial charge in [-0.3, -0.25) is 0 Å². The van der Waals surface area contributed by atoms with Crippen LogP contribution < -0.4 is 0 Å². The molecule has 0 saturated carbocycles. The lowest BCUT2D eigenvalue weighted by molar-refractivity contribution is -0.137. The molecule has 8 aromatic rings. The van der Waals surface area contributed by atoms with Crippen LogP contribution in [-0.4, -0.2) is 22.3 Å². The van der Waals surface area contributed by atoms with Gasteiger partial charge < -0.3 is 18.8 Å². The number of rotatable bonds is 7. The first-order valence-electron chi connectivity index (χ1n) is 17.3. The molecular weight excluding hydrogens is 702 g/mol. The van der Waals surface area contributed by atoms with Gasteiger partial charge in [0.2, 0.25) is 0 Å². The topological polar surface area (TPSA) is 57.9 Å². The zero-order valence-electron chi connectivity index (χ0n) is 29.8. The predicted molar refractivity (Wildman–Crippen MR) is 201 cm³/mol. The minimum absolute atomic E-state index is 0.188. The molecule has 4 heterocycles. The second-order valence-corrected chi connectivity index (χ2v) is 13.1. The lowest BCUT2D eigenvalue weighted by Gasteiger charge is -2.18. The summed E-state index contributed by atoms with van der Waals surface area (Å²) in [5.74, 6) is 0.372. The molecule has 4 aromatic carbocycles. The first-order valence-corrected chi connectivity index (χ1v) is 17.3. The molecule has 0 aliphatic heterocycles. The number of hydrogen-bond donors (Lipinski definition) is 2. The fourth-order valence-corrected chi connectivity index (χ4v) is 6.59. The van der Waals surface area contributed by atoms with E-state index in [1.807, 2.05) is 73.7 Å². The molecule has 0 radical (unpaired) electrons. The Hall–Kier alpha value is -5.90. The summed E-state index contributed by atoms with van der Waals surface area (Å²) in [5.41, 5.74) is 10.1. The number of aryl methyl sites for hydroxylation is 2. The second kappa shape index (κ2) is 16.0. The van der Waals surface area contributed by atoms with Crippen LogP contribution in [0.25, 0.3) is 44.3 Å². The molecule has 0 aliphatic carbocycles. The van der Waals surface area contributed by atoms with Crippen molar-refractivity contribution in [2.45, 2.75) is 51.9 Å². The maximum absolute atomic E-state index is 13.4. The molecule has 278 valence electrons. The number of aromatic nitrogens is 2. The lowest BCUT2D eigenvalue weighted by atomic mass is 9.88. The van der Waals surface area contributed by atoms with Gasteiger partial charge in [-0.2, -0.15) is 26.3 Å². The van der Waals surface area contributed by atoms with E-state index in [-0.39, 0.29) is 6.92 Å². The smallest absolute Gasteiger partial charge is 0.390 e. The average molecular weight is 741 g/mol. The van der Waals surface area contributed by atoms with E-state index in [0.717, 1.165) is 34.2 Å². The van der Waals surface area contributed by atoms with E-state index in [1.54, 1.807) is 18.4 Å². The van der Waals surface area contributed by atoms with E-state index in [4.69, 9.17) is 8.83 Å². The van der Waals surface area contributed by atoms with Crippen molar-refractivity contribution in [3.8, 4) is 22.5 Å². The summed E-state index contributed by atoms with van der Waals surface area (Å²) in [6.07, 6.45) is -5.36. The van der Waals surface area contributed by atoms with Gasteiger partial charge in [0.15, 0.2) is 0 Å². The summed E-state index contributed by atoms with van der Waals surface area (Å²) in [6, 6.07) is 39.4. The third-order valence-corrected chi connectivity index (χ3v) is 8.78. The van der Waals surface area contributed by atoms with Crippen molar-refractivity contribution in [2.24, 2.45) is 0 Å². The molecule has 54 heavy (non-hydrogen) atoms. The maximum atomic E-state index is 13.4. The summed E-state index contributed by atoms with van der Waals surface area (Å²) in [5, 5.41) is 2.05. The van der Waals surface area contributed by atoms with Crippen molar-refractivity contribution in [1.29, 1.82) is 0 Å². The average Bonchev–Trinajstić information content (AvgIpc) is 3.95. The molecule has 10 heteroatoms. The second-order valence-electron chi connectivity index (χ2n) is 13.1. The number of hydrogen-bond acceptors (Lipinski definition) is 2. The fourth-order valence-electron chi connectivity index (χ4n) is 6.59. The zero-order chi connectivity index (χ0) is 38.5. The molecule has 4 nitrogen and oxygen atoms in total. The van der Waals surface area contributed by atoms with E-state index >= 15 is 0 Å². The third-order valence-electron chi connectivity index (χ3n) is 8.78.